The van der Waals surface area contributed by atoms with Gasteiger partial charge in [0.05, 0.1) is 0 Å². The summed E-state index contributed by atoms with van der Waals surface area (Å²) < 4.78 is 0. The van der Waals surface area contributed by atoms with Crippen molar-refractivity contribution < 1.29 is 0 Å². The zero-order valence-electron chi connectivity index (χ0n) is 7.12. The molecule has 1 heteroatoms. The third kappa shape index (κ3) is 2.05. The lowest BCUT2D eigenvalue weighted by Crippen LogP contribution is -2.22. The molecule has 0 aromatic heterocycles. The van der Waals surface area contributed by atoms with Crippen LogP contribution in [0.5, 0.6) is 0 Å². The van der Waals surface area contributed by atoms with Gasteiger partial charge >= 0.3 is 0 Å². The van der Waals surface area contributed by atoms with Gasteiger partial charge in [-0.05, 0) is 18.4 Å². The van der Waals surface area contributed by atoms with Crippen molar-refractivity contribution in [2.75, 3.05) is 0 Å². The smallest absolute Gasteiger partial charge is 0.00766 e. The van der Waals surface area contributed by atoms with E-state index in [0.717, 1.165) is 0 Å². The summed E-state index contributed by atoms with van der Waals surface area (Å²) in [5, 5.41) is 0. The molecule has 0 bridgehead atoms. The van der Waals surface area contributed by atoms with Crippen LogP contribution in [0.2, 0.25) is 0 Å². The van der Waals surface area contributed by atoms with Gasteiger partial charge < -0.3 is 5.73 Å². The topological polar surface area (TPSA) is 26.0 Å². The Kier molecular flexibility index (Phi) is 2.66. The second-order valence-electron chi connectivity index (χ2n) is 3.06. The SMILES string of the molecule is C[C@@H](N)[C@@H](C)c1ccccc1. The Bertz CT molecular complexity index is 203. The monoisotopic (exact) mass is 149 g/mol. The molecule has 0 fully saturated rings. The zero-order chi connectivity index (χ0) is 8.27. The summed E-state index contributed by atoms with van der Waals surface area (Å²) in [4.78, 5) is 0. The average molecular weight is 149 g/mol. The first-order chi connectivity index (χ1) is 5.22. The maximum absolute atomic E-state index is 5.77. The molecule has 1 rings (SSSR count). The van der Waals surface area contributed by atoms with Crippen LogP contribution in [0.25, 0.3) is 0 Å². The summed E-state index contributed by atoms with van der Waals surface area (Å²) in [6, 6.07) is 10.6. The van der Waals surface area contributed by atoms with E-state index in [1.165, 1.54) is 5.56 Å². The summed E-state index contributed by atoms with van der Waals surface area (Å²) in [5.41, 5.74) is 7.09. The van der Waals surface area contributed by atoms with E-state index in [1.54, 1.807) is 0 Å². The fourth-order valence-corrected chi connectivity index (χ4v) is 1.06. The highest BCUT2D eigenvalue weighted by Gasteiger charge is 2.08. The number of benzene rings is 1. The van der Waals surface area contributed by atoms with E-state index in [2.05, 4.69) is 19.1 Å². The van der Waals surface area contributed by atoms with Gasteiger partial charge in [0, 0.05) is 6.04 Å². The minimum Gasteiger partial charge on any atom is -0.327 e. The predicted octanol–water partition coefficient (Wildman–Crippen LogP) is 2.14. The molecule has 0 amide bonds. The molecule has 1 nitrogen and oxygen atoms in total. The van der Waals surface area contributed by atoms with E-state index in [-0.39, 0.29) is 6.04 Å². The van der Waals surface area contributed by atoms with Crippen molar-refractivity contribution in [3.8, 4) is 0 Å². The molecule has 2 atom stereocenters. The summed E-state index contributed by atoms with van der Waals surface area (Å²) >= 11 is 0. The van der Waals surface area contributed by atoms with E-state index in [4.69, 9.17) is 5.73 Å². The van der Waals surface area contributed by atoms with Crippen LogP contribution >= 0.6 is 0 Å². The molecule has 0 spiro atoms. The van der Waals surface area contributed by atoms with E-state index in [1.807, 2.05) is 25.1 Å². The first kappa shape index (κ1) is 8.28. The summed E-state index contributed by atoms with van der Waals surface area (Å²) in [6.07, 6.45) is 0. The number of hydrogen-bond acceptors (Lipinski definition) is 1. The molecule has 0 aliphatic rings. The Labute approximate surface area is 68.2 Å². The van der Waals surface area contributed by atoms with E-state index in [9.17, 15) is 0 Å². The maximum atomic E-state index is 5.77. The molecule has 0 aliphatic carbocycles. The lowest BCUT2D eigenvalue weighted by atomic mass is 9.95. The normalized spacial score (nSPS) is 15.9. The maximum Gasteiger partial charge on any atom is 0.00766 e. The van der Waals surface area contributed by atoms with Gasteiger partial charge in [-0.25, -0.2) is 0 Å². The van der Waals surface area contributed by atoms with Crippen molar-refractivity contribution in [1.29, 1.82) is 0 Å². The van der Waals surface area contributed by atoms with E-state index >= 15 is 0 Å². The molecular formula is C10H15N. The van der Waals surface area contributed by atoms with Crippen molar-refractivity contribution in [3.05, 3.63) is 35.9 Å². The Morgan fingerprint density at radius 1 is 1.09 bits per heavy atom. The highest BCUT2D eigenvalue weighted by Crippen LogP contribution is 2.16. The minimum atomic E-state index is 0.234. The predicted molar refractivity (Wildman–Crippen MR) is 48.5 cm³/mol. The van der Waals surface area contributed by atoms with Crippen molar-refractivity contribution in [2.45, 2.75) is 25.8 Å². The van der Waals surface area contributed by atoms with Gasteiger partial charge in [-0.1, -0.05) is 37.3 Å². The Balaban J connectivity index is 2.77. The van der Waals surface area contributed by atoms with Crippen molar-refractivity contribution >= 4 is 0 Å². The second-order valence-corrected chi connectivity index (χ2v) is 3.06. The Hall–Kier alpha value is -0.820. The highest BCUT2D eigenvalue weighted by molar-refractivity contribution is 5.19. The van der Waals surface area contributed by atoms with Crippen LogP contribution in [0.1, 0.15) is 25.3 Å². The molecule has 60 valence electrons. The van der Waals surface area contributed by atoms with Crippen LogP contribution in [0.3, 0.4) is 0 Å². The lowest BCUT2D eigenvalue weighted by molar-refractivity contribution is 0.613. The lowest BCUT2D eigenvalue weighted by Gasteiger charge is -2.15. The van der Waals surface area contributed by atoms with Gasteiger partial charge in [0.25, 0.3) is 0 Å². The zero-order valence-corrected chi connectivity index (χ0v) is 7.12. The molecule has 0 radical (unpaired) electrons. The summed E-state index contributed by atoms with van der Waals surface area (Å²) in [6.45, 7) is 4.19. The number of hydrogen-bond donors (Lipinski definition) is 1. The van der Waals surface area contributed by atoms with E-state index < -0.39 is 0 Å². The fraction of sp³-hybridized carbons (Fsp3) is 0.400. The number of rotatable bonds is 2. The van der Waals surface area contributed by atoms with Crippen LogP contribution < -0.4 is 5.73 Å². The van der Waals surface area contributed by atoms with Gasteiger partial charge in [-0.3, -0.25) is 0 Å². The van der Waals surface area contributed by atoms with Crippen LogP contribution in [0.4, 0.5) is 0 Å². The molecule has 1 aromatic carbocycles. The molecule has 0 saturated heterocycles. The molecule has 1 aromatic rings. The van der Waals surface area contributed by atoms with Crippen LogP contribution in [0.15, 0.2) is 30.3 Å². The van der Waals surface area contributed by atoms with Crippen LogP contribution in [0, 0.1) is 0 Å². The van der Waals surface area contributed by atoms with Gasteiger partial charge in [-0.2, -0.15) is 0 Å². The summed E-state index contributed by atoms with van der Waals surface area (Å²) in [7, 11) is 0. The first-order valence-electron chi connectivity index (χ1n) is 4.02. The van der Waals surface area contributed by atoms with Crippen LogP contribution in [-0.4, -0.2) is 6.04 Å². The Morgan fingerprint density at radius 2 is 1.64 bits per heavy atom. The second kappa shape index (κ2) is 3.54. The minimum absolute atomic E-state index is 0.234. The van der Waals surface area contributed by atoms with E-state index in [0.29, 0.717) is 5.92 Å². The first-order valence-corrected chi connectivity index (χ1v) is 4.02. The number of nitrogens with two attached hydrogens (primary N) is 1. The molecule has 0 aliphatic heterocycles. The molecule has 0 unspecified atom stereocenters. The van der Waals surface area contributed by atoms with Crippen molar-refractivity contribution in [1.82, 2.24) is 0 Å². The van der Waals surface area contributed by atoms with Gasteiger partial charge in [0.15, 0.2) is 0 Å². The highest BCUT2D eigenvalue weighted by atomic mass is 14.6. The average Bonchev–Trinajstić information content (AvgIpc) is 2.05. The van der Waals surface area contributed by atoms with Crippen molar-refractivity contribution in [3.63, 3.8) is 0 Å². The molecular weight excluding hydrogens is 134 g/mol. The van der Waals surface area contributed by atoms with Gasteiger partial charge in [-0.15, -0.1) is 0 Å². The third-order valence-electron chi connectivity index (χ3n) is 2.11. The van der Waals surface area contributed by atoms with Gasteiger partial charge in [0.2, 0.25) is 0 Å². The van der Waals surface area contributed by atoms with Crippen LogP contribution in [-0.2, 0) is 0 Å². The largest absolute Gasteiger partial charge is 0.327 e. The van der Waals surface area contributed by atoms with Crippen molar-refractivity contribution in [2.24, 2.45) is 5.73 Å². The summed E-state index contributed by atoms with van der Waals surface area (Å²) in [5.74, 6) is 0.455. The van der Waals surface area contributed by atoms with Gasteiger partial charge in [0.1, 0.15) is 0 Å². The fourth-order valence-electron chi connectivity index (χ4n) is 1.06. The standard InChI is InChI=1S/C10H15N/c1-8(9(2)11)10-6-4-3-5-7-10/h3-9H,11H2,1-2H3/t8-,9-/m1/s1. The molecule has 2 N–H and O–H groups in total. The molecule has 11 heavy (non-hydrogen) atoms. The quantitative estimate of drug-likeness (QED) is 0.685. The third-order valence-corrected chi connectivity index (χ3v) is 2.11. The molecule has 0 heterocycles. The Morgan fingerprint density at radius 3 is 2.09 bits per heavy atom. The molecule has 0 saturated carbocycles.